The molecule has 0 bridgehead atoms. The van der Waals surface area contributed by atoms with E-state index in [4.69, 9.17) is 9.84 Å². The van der Waals surface area contributed by atoms with E-state index in [1.807, 2.05) is 36.4 Å². The van der Waals surface area contributed by atoms with Crippen molar-refractivity contribution in [3.8, 4) is 11.1 Å². The van der Waals surface area contributed by atoms with Gasteiger partial charge in [-0.1, -0.05) is 55.0 Å². The molecule has 7 nitrogen and oxygen atoms in total. The summed E-state index contributed by atoms with van der Waals surface area (Å²) in [5, 5.41) is 13.7. The van der Waals surface area contributed by atoms with Crippen LogP contribution in [0.3, 0.4) is 0 Å². The van der Waals surface area contributed by atoms with Crippen LogP contribution in [-0.2, 0) is 14.3 Å². The minimum absolute atomic E-state index is 0.0707. The van der Waals surface area contributed by atoms with Gasteiger partial charge in [0.15, 0.2) is 0 Å². The van der Waals surface area contributed by atoms with Gasteiger partial charge in [0, 0.05) is 18.4 Å². The number of amides is 2. The van der Waals surface area contributed by atoms with E-state index in [-0.39, 0.29) is 25.0 Å². The number of halogens is 2. The number of benzene rings is 2. The smallest absolute Gasteiger partial charge is 0.407 e. The van der Waals surface area contributed by atoms with Gasteiger partial charge in [0.25, 0.3) is 6.43 Å². The number of alkyl halides is 2. The Morgan fingerprint density at radius 1 is 1.00 bits per heavy atom. The van der Waals surface area contributed by atoms with Crippen molar-refractivity contribution in [3.63, 3.8) is 0 Å². The third kappa shape index (κ3) is 5.61. The van der Waals surface area contributed by atoms with Crippen molar-refractivity contribution in [2.75, 3.05) is 13.2 Å². The van der Waals surface area contributed by atoms with Gasteiger partial charge in [0.2, 0.25) is 5.91 Å². The number of carbonyl (C=O) groups excluding carboxylic acids is 2. The van der Waals surface area contributed by atoms with Gasteiger partial charge in [-0.05, 0) is 41.0 Å². The highest BCUT2D eigenvalue weighted by molar-refractivity contribution is 5.81. The van der Waals surface area contributed by atoms with Gasteiger partial charge < -0.3 is 20.5 Å². The van der Waals surface area contributed by atoms with Crippen LogP contribution in [0.2, 0.25) is 0 Å². The SMILES string of the molecule is O=C(O)CC(NC(=O)C1CCCC1CNC(=O)OCC1c2ccccc2-c2ccccc21)C(F)F. The van der Waals surface area contributed by atoms with Crippen LogP contribution in [-0.4, -0.2) is 48.7 Å². The minimum Gasteiger partial charge on any atom is -0.481 e. The Bertz CT molecular complexity index is 1050. The lowest BCUT2D eigenvalue weighted by atomic mass is 9.94. The van der Waals surface area contributed by atoms with E-state index >= 15 is 0 Å². The second-order valence-electron chi connectivity index (χ2n) is 9.05. The molecule has 0 aliphatic heterocycles. The van der Waals surface area contributed by atoms with Crippen LogP contribution in [0, 0.1) is 11.8 Å². The monoisotopic (exact) mass is 486 g/mol. The molecule has 1 saturated carbocycles. The molecule has 2 aromatic carbocycles. The molecule has 186 valence electrons. The van der Waals surface area contributed by atoms with E-state index in [0.29, 0.717) is 19.3 Å². The molecule has 4 rings (SSSR count). The Kier molecular flexibility index (Phi) is 7.63. The highest BCUT2D eigenvalue weighted by Gasteiger charge is 2.36. The van der Waals surface area contributed by atoms with Crippen molar-refractivity contribution in [1.29, 1.82) is 0 Å². The molecular formula is C26H28F2N2O5. The quantitative estimate of drug-likeness (QED) is 0.494. The third-order valence-electron chi connectivity index (χ3n) is 6.87. The fourth-order valence-electron chi connectivity index (χ4n) is 5.17. The zero-order valence-corrected chi connectivity index (χ0v) is 19.1. The van der Waals surface area contributed by atoms with Crippen molar-refractivity contribution < 1.29 is 33.0 Å². The lowest BCUT2D eigenvalue weighted by molar-refractivity contribution is -0.139. The van der Waals surface area contributed by atoms with E-state index in [9.17, 15) is 23.2 Å². The summed E-state index contributed by atoms with van der Waals surface area (Å²) in [5.74, 6) is -2.89. The minimum atomic E-state index is -2.98. The first-order valence-corrected chi connectivity index (χ1v) is 11.7. The predicted octanol–water partition coefficient (Wildman–Crippen LogP) is 4.17. The van der Waals surface area contributed by atoms with Gasteiger partial charge in [-0.15, -0.1) is 0 Å². The number of alkyl carbamates (subject to hydrolysis) is 1. The molecule has 0 heterocycles. The number of ether oxygens (including phenoxy) is 1. The van der Waals surface area contributed by atoms with Crippen LogP contribution < -0.4 is 10.6 Å². The lowest BCUT2D eigenvalue weighted by Crippen LogP contribution is -2.46. The van der Waals surface area contributed by atoms with Crippen LogP contribution in [0.4, 0.5) is 13.6 Å². The second-order valence-corrected chi connectivity index (χ2v) is 9.05. The largest absolute Gasteiger partial charge is 0.481 e. The maximum Gasteiger partial charge on any atom is 0.407 e. The Morgan fingerprint density at radius 3 is 2.23 bits per heavy atom. The summed E-state index contributed by atoms with van der Waals surface area (Å²) in [6.07, 6.45) is -2.57. The number of rotatable bonds is 9. The summed E-state index contributed by atoms with van der Waals surface area (Å²) < 4.78 is 31.7. The molecule has 0 saturated heterocycles. The van der Waals surface area contributed by atoms with Crippen molar-refractivity contribution in [2.24, 2.45) is 11.8 Å². The van der Waals surface area contributed by atoms with Gasteiger partial charge in [0.05, 0.1) is 6.42 Å². The van der Waals surface area contributed by atoms with Gasteiger partial charge in [-0.25, -0.2) is 13.6 Å². The molecule has 2 aliphatic rings. The van der Waals surface area contributed by atoms with E-state index in [1.54, 1.807) is 0 Å². The maximum atomic E-state index is 13.1. The van der Waals surface area contributed by atoms with E-state index in [0.717, 1.165) is 22.3 Å². The molecule has 0 spiro atoms. The topological polar surface area (TPSA) is 105 Å². The van der Waals surface area contributed by atoms with E-state index in [2.05, 4.69) is 22.8 Å². The average molecular weight is 487 g/mol. The molecule has 2 aromatic rings. The highest BCUT2D eigenvalue weighted by Crippen LogP contribution is 2.44. The normalized spacial score (nSPS) is 19.6. The summed E-state index contributed by atoms with van der Waals surface area (Å²) in [6.45, 7) is 0.340. The number of fused-ring (bicyclic) bond motifs is 3. The zero-order chi connectivity index (χ0) is 24.9. The van der Waals surface area contributed by atoms with E-state index < -0.39 is 42.8 Å². The standard InChI is InChI=1S/C26H28F2N2O5/c27-24(28)22(12-23(31)32)30-25(33)16-11-5-6-15(16)13-29-26(34)35-14-21-19-9-3-1-7-17(19)18-8-2-4-10-20(18)21/h1-4,7-10,15-16,21-22,24H,5-6,11-14H2,(H,29,34)(H,30,33)(H,31,32). The fraction of sp³-hybridized carbons (Fsp3) is 0.423. The van der Waals surface area contributed by atoms with Crippen LogP contribution in [0.15, 0.2) is 48.5 Å². The highest BCUT2D eigenvalue weighted by atomic mass is 19.3. The molecule has 0 radical (unpaired) electrons. The van der Waals surface area contributed by atoms with Crippen molar-refractivity contribution in [3.05, 3.63) is 59.7 Å². The van der Waals surface area contributed by atoms with Gasteiger partial charge >= 0.3 is 12.1 Å². The fourth-order valence-corrected chi connectivity index (χ4v) is 5.17. The van der Waals surface area contributed by atoms with Crippen molar-refractivity contribution >= 4 is 18.0 Å². The first-order chi connectivity index (χ1) is 16.8. The summed E-state index contributed by atoms with van der Waals surface area (Å²) in [5.41, 5.74) is 4.46. The summed E-state index contributed by atoms with van der Waals surface area (Å²) in [6, 6.07) is 14.3. The number of hydrogen-bond acceptors (Lipinski definition) is 4. The Morgan fingerprint density at radius 2 is 1.63 bits per heavy atom. The summed E-state index contributed by atoms with van der Waals surface area (Å²) in [4.78, 5) is 35.8. The third-order valence-corrected chi connectivity index (χ3v) is 6.87. The molecule has 3 N–H and O–H groups in total. The number of nitrogens with one attached hydrogen (secondary N) is 2. The molecule has 3 atom stereocenters. The Labute approximate surface area is 201 Å². The maximum absolute atomic E-state index is 13.1. The molecule has 0 aromatic heterocycles. The van der Waals surface area contributed by atoms with Gasteiger partial charge in [0.1, 0.15) is 12.6 Å². The number of hydrogen-bond donors (Lipinski definition) is 3. The molecule has 35 heavy (non-hydrogen) atoms. The van der Waals surface area contributed by atoms with Crippen molar-refractivity contribution in [1.82, 2.24) is 10.6 Å². The molecule has 1 fully saturated rings. The first kappa shape index (κ1) is 24.6. The van der Waals surface area contributed by atoms with Crippen LogP contribution in [0.1, 0.15) is 42.7 Å². The molecule has 2 aliphatic carbocycles. The predicted molar refractivity (Wildman–Crippen MR) is 124 cm³/mol. The van der Waals surface area contributed by atoms with Crippen molar-refractivity contribution in [2.45, 2.75) is 44.1 Å². The summed E-state index contributed by atoms with van der Waals surface area (Å²) in [7, 11) is 0. The van der Waals surface area contributed by atoms with Crippen LogP contribution >= 0.6 is 0 Å². The molecule has 9 heteroatoms. The summed E-state index contributed by atoms with van der Waals surface area (Å²) >= 11 is 0. The zero-order valence-electron chi connectivity index (χ0n) is 19.1. The average Bonchev–Trinajstić information content (AvgIpc) is 3.43. The van der Waals surface area contributed by atoms with E-state index in [1.165, 1.54) is 0 Å². The van der Waals surface area contributed by atoms with Crippen LogP contribution in [0.5, 0.6) is 0 Å². The lowest BCUT2D eigenvalue weighted by Gasteiger charge is -2.23. The molecule has 3 unspecified atom stereocenters. The Hall–Kier alpha value is -3.49. The Balaban J connectivity index is 1.30. The van der Waals surface area contributed by atoms with Crippen LogP contribution in [0.25, 0.3) is 11.1 Å². The number of aliphatic carboxylic acids is 1. The van der Waals surface area contributed by atoms with Gasteiger partial charge in [-0.3, -0.25) is 9.59 Å². The first-order valence-electron chi connectivity index (χ1n) is 11.7. The number of carboxylic acids is 1. The molecule has 2 amide bonds. The van der Waals surface area contributed by atoms with Gasteiger partial charge in [-0.2, -0.15) is 0 Å². The second kappa shape index (κ2) is 10.8. The number of carboxylic acid groups (broad SMARTS) is 1. The molecular weight excluding hydrogens is 458 g/mol. The number of carbonyl (C=O) groups is 3.